The van der Waals surface area contributed by atoms with E-state index in [-0.39, 0.29) is 16.3 Å². The Morgan fingerprint density at radius 3 is 3.00 bits per heavy atom. The van der Waals surface area contributed by atoms with E-state index in [4.69, 9.17) is 4.74 Å². The van der Waals surface area contributed by atoms with Gasteiger partial charge >= 0.3 is 5.69 Å². The second-order valence-electron chi connectivity index (χ2n) is 2.02. The first kappa shape index (κ1) is 9.85. The molecule has 0 aromatic carbocycles. The molecular weight excluding hydrogens is 242 g/mol. The minimum Gasteiger partial charge on any atom is -0.473 e. The Labute approximate surface area is 82.2 Å². The van der Waals surface area contributed by atoms with Gasteiger partial charge in [0, 0.05) is 0 Å². The topological polar surface area (TPSA) is 78.2 Å². The van der Waals surface area contributed by atoms with Gasteiger partial charge in [0.25, 0.3) is 5.88 Å². The monoisotopic (exact) mass is 247 g/mol. The summed E-state index contributed by atoms with van der Waals surface area (Å²) >= 11 is 2.99. The molecule has 70 valence electrons. The lowest BCUT2D eigenvalue weighted by Gasteiger charge is -2.01. The maximum atomic E-state index is 10.4. The summed E-state index contributed by atoms with van der Waals surface area (Å²) < 4.78 is 5.22. The highest BCUT2D eigenvalue weighted by Crippen LogP contribution is 2.24. The van der Waals surface area contributed by atoms with Crippen LogP contribution in [-0.4, -0.2) is 21.5 Å². The van der Waals surface area contributed by atoms with Crippen LogP contribution >= 0.6 is 15.9 Å². The van der Waals surface area contributed by atoms with Crippen LogP contribution in [0.4, 0.5) is 5.69 Å². The Kier molecular flexibility index (Phi) is 3.13. The molecule has 0 bridgehead atoms. The van der Waals surface area contributed by atoms with E-state index in [2.05, 4.69) is 25.9 Å². The smallest absolute Gasteiger partial charge is 0.349 e. The van der Waals surface area contributed by atoms with Gasteiger partial charge in [0.15, 0.2) is 4.73 Å². The summed E-state index contributed by atoms with van der Waals surface area (Å²) in [5.74, 6) is -0.0191. The molecule has 1 aromatic heterocycles. The van der Waals surface area contributed by atoms with Crippen molar-refractivity contribution in [1.29, 1.82) is 0 Å². The molecule has 1 aromatic rings. The van der Waals surface area contributed by atoms with Gasteiger partial charge in [-0.15, -0.1) is 0 Å². The minimum absolute atomic E-state index is 0.0191. The van der Waals surface area contributed by atoms with E-state index in [0.717, 1.165) is 6.20 Å². The fraction of sp³-hybridized carbons (Fsp3) is 0.333. The molecule has 1 rings (SSSR count). The number of nitrogens with zero attached hydrogens (tertiary/aromatic N) is 3. The summed E-state index contributed by atoms with van der Waals surface area (Å²) in [6, 6.07) is 0. The third kappa shape index (κ3) is 2.35. The van der Waals surface area contributed by atoms with Crippen molar-refractivity contribution in [3.8, 4) is 5.88 Å². The number of hydrogen-bond donors (Lipinski definition) is 0. The standard InChI is InChI=1S/C6H6BrN3O3/c1-2-13-5-4(10(11)12)3-8-6(7)9-5/h3H,2H2,1H3. The normalized spacial score (nSPS) is 9.69. The van der Waals surface area contributed by atoms with Crippen molar-refractivity contribution in [1.82, 2.24) is 9.97 Å². The van der Waals surface area contributed by atoms with Crippen LogP contribution in [0.25, 0.3) is 0 Å². The van der Waals surface area contributed by atoms with Gasteiger partial charge in [0.05, 0.1) is 11.5 Å². The van der Waals surface area contributed by atoms with Crippen LogP contribution in [-0.2, 0) is 0 Å². The first-order valence-electron chi connectivity index (χ1n) is 3.45. The minimum atomic E-state index is -0.586. The molecule has 6 nitrogen and oxygen atoms in total. The van der Waals surface area contributed by atoms with Crippen molar-refractivity contribution in [2.45, 2.75) is 6.92 Å². The Hall–Kier alpha value is -1.24. The summed E-state index contributed by atoms with van der Waals surface area (Å²) in [6.07, 6.45) is 1.10. The van der Waals surface area contributed by atoms with Crippen LogP contribution < -0.4 is 4.74 Å². The Morgan fingerprint density at radius 1 is 1.77 bits per heavy atom. The van der Waals surface area contributed by atoms with Crippen molar-refractivity contribution in [3.05, 3.63) is 21.0 Å². The van der Waals surface area contributed by atoms with Gasteiger partial charge in [-0.2, -0.15) is 4.98 Å². The fourth-order valence-electron chi connectivity index (χ4n) is 0.708. The van der Waals surface area contributed by atoms with Crippen molar-refractivity contribution in [3.63, 3.8) is 0 Å². The summed E-state index contributed by atoms with van der Waals surface area (Å²) in [5.41, 5.74) is -0.231. The van der Waals surface area contributed by atoms with E-state index in [9.17, 15) is 10.1 Å². The van der Waals surface area contributed by atoms with E-state index in [1.807, 2.05) is 0 Å². The molecule has 0 unspecified atom stereocenters. The summed E-state index contributed by atoms with van der Waals surface area (Å²) in [5, 5.41) is 10.4. The maximum Gasteiger partial charge on any atom is 0.349 e. The second-order valence-corrected chi connectivity index (χ2v) is 2.73. The van der Waals surface area contributed by atoms with Crippen molar-refractivity contribution in [2.24, 2.45) is 0 Å². The van der Waals surface area contributed by atoms with Crippen LogP contribution in [0.5, 0.6) is 5.88 Å². The van der Waals surface area contributed by atoms with E-state index in [0.29, 0.717) is 6.61 Å². The van der Waals surface area contributed by atoms with Gasteiger partial charge in [-0.25, -0.2) is 4.98 Å². The lowest BCUT2D eigenvalue weighted by molar-refractivity contribution is -0.386. The van der Waals surface area contributed by atoms with Crippen molar-refractivity contribution < 1.29 is 9.66 Å². The molecule has 0 saturated heterocycles. The van der Waals surface area contributed by atoms with Gasteiger partial charge < -0.3 is 4.74 Å². The zero-order chi connectivity index (χ0) is 9.84. The molecule has 0 radical (unpaired) electrons. The van der Waals surface area contributed by atoms with E-state index in [1.165, 1.54) is 0 Å². The zero-order valence-electron chi connectivity index (χ0n) is 6.73. The average Bonchev–Trinajstić information content (AvgIpc) is 2.04. The number of hydrogen-bond acceptors (Lipinski definition) is 5. The van der Waals surface area contributed by atoms with Gasteiger partial charge in [-0.3, -0.25) is 10.1 Å². The van der Waals surface area contributed by atoms with Crippen LogP contribution in [0.3, 0.4) is 0 Å². The highest BCUT2D eigenvalue weighted by Gasteiger charge is 2.17. The lowest BCUT2D eigenvalue weighted by atomic mass is 10.5. The third-order valence-corrected chi connectivity index (χ3v) is 1.57. The summed E-state index contributed by atoms with van der Waals surface area (Å²) in [4.78, 5) is 17.2. The highest BCUT2D eigenvalue weighted by molar-refractivity contribution is 9.10. The molecule has 0 aliphatic rings. The molecule has 13 heavy (non-hydrogen) atoms. The zero-order valence-corrected chi connectivity index (χ0v) is 8.31. The lowest BCUT2D eigenvalue weighted by Crippen LogP contribution is -2.01. The Balaban J connectivity index is 3.10. The molecule has 0 N–H and O–H groups in total. The fourth-order valence-corrected chi connectivity index (χ4v) is 0.971. The number of rotatable bonds is 3. The average molecular weight is 248 g/mol. The molecule has 1 heterocycles. The first-order chi connectivity index (χ1) is 6.15. The maximum absolute atomic E-state index is 10.4. The Morgan fingerprint density at radius 2 is 2.46 bits per heavy atom. The quantitative estimate of drug-likeness (QED) is 0.460. The SMILES string of the molecule is CCOc1nc(Br)ncc1[N+](=O)[O-]. The van der Waals surface area contributed by atoms with Crippen molar-refractivity contribution in [2.75, 3.05) is 6.61 Å². The first-order valence-corrected chi connectivity index (χ1v) is 4.24. The number of halogens is 1. The van der Waals surface area contributed by atoms with Crippen LogP contribution in [0.15, 0.2) is 10.9 Å². The molecule has 0 aliphatic heterocycles. The molecule has 0 spiro atoms. The van der Waals surface area contributed by atoms with Gasteiger partial charge in [0.2, 0.25) is 0 Å². The predicted octanol–water partition coefficient (Wildman–Crippen LogP) is 1.55. The van der Waals surface area contributed by atoms with E-state index >= 15 is 0 Å². The Bertz CT molecular complexity index is 331. The van der Waals surface area contributed by atoms with Crippen LogP contribution in [0, 0.1) is 10.1 Å². The number of nitro groups is 1. The summed E-state index contributed by atoms with van der Waals surface area (Å²) in [6.45, 7) is 2.05. The summed E-state index contributed by atoms with van der Waals surface area (Å²) in [7, 11) is 0. The molecular formula is C6H6BrN3O3. The van der Waals surface area contributed by atoms with Crippen LogP contribution in [0.1, 0.15) is 6.92 Å². The molecule has 0 fully saturated rings. The number of ether oxygens (including phenoxy) is 1. The van der Waals surface area contributed by atoms with Crippen LogP contribution in [0.2, 0.25) is 0 Å². The predicted molar refractivity (Wildman–Crippen MR) is 47.6 cm³/mol. The van der Waals surface area contributed by atoms with E-state index < -0.39 is 4.92 Å². The molecule has 0 saturated carbocycles. The van der Waals surface area contributed by atoms with E-state index in [1.54, 1.807) is 6.92 Å². The molecule has 7 heteroatoms. The van der Waals surface area contributed by atoms with Crippen molar-refractivity contribution >= 4 is 21.6 Å². The molecule has 0 atom stereocenters. The largest absolute Gasteiger partial charge is 0.473 e. The van der Waals surface area contributed by atoms with Gasteiger partial charge in [-0.05, 0) is 22.9 Å². The highest BCUT2D eigenvalue weighted by atomic mass is 79.9. The van der Waals surface area contributed by atoms with Gasteiger partial charge in [0.1, 0.15) is 6.20 Å². The molecule has 0 amide bonds. The third-order valence-electron chi connectivity index (χ3n) is 1.18. The van der Waals surface area contributed by atoms with Gasteiger partial charge in [-0.1, -0.05) is 0 Å². The molecule has 0 aliphatic carbocycles. The number of aromatic nitrogens is 2. The second kappa shape index (κ2) is 4.13.